The summed E-state index contributed by atoms with van der Waals surface area (Å²) in [4.78, 5) is 27.5. The molecule has 1 aromatic heterocycles. The van der Waals surface area contributed by atoms with E-state index >= 15 is 0 Å². The molecule has 0 aromatic carbocycles. The minimum absolute atomic E-state index is 0.104. The van der Waals surface area contributed by atoms with E-state index in [0.717, 1.165) is 11.3 Å². The molecular formula is C11H19N5O3S. The average molecular weight is 301 g/mol. The summed E-state index contributed by atoms with van der Waals surface area (Å²) in [7, 11) is 1.59. The average Bonchev–Trinajstić information content (AvgIpc) is 2.70. The van der Waals surface area contributed by atoms with Gasteiger partial charge in [0, 0.05) is 13.7 Å². The molecule has 6 N–H and O–H groups in total. The summed E-state index contributed by atoms with van der Waals surface area (Å²) in [6.45, 7) is 4.09. The molecule has 0 aliphatic rings. The first-order valence-corrected chi connectivity index (χ1v) is 6.71. The number of nitrogen functional groups attached to an aromatic ring is 1. The second-order valence-corrected chi connectivity index (χ2v) is 5.60. The zero-order valence-electron chi connectivity index (χ0n) is 11.6. The maximum atomic E-state index is 12.0. The standard InChI is InChI=1S/C11H19N5O3S/c1-11(2,9(13)18)16-8(17)6-7(12)15-10(20-6)14-4-5-19-3/h4-5,12H2,1-3H3,(H2,13,18)(H,14,15)(H,16,17). The normalized spacial score (nSPS) is 11.2. The summed E-state index contributed by atoms with van der Waals surface area (Å²) >= 11 is 1.10. The van der Waals surface area contributed by atoms with Gasteiger partial charge in [-0.05, 0) is 13.8 Å². The van der Waals surface area contributed by atoms with Gasteiger partial charge >= 0.3 is 0 Å². The summed E-state index contributed by atoms with van der Waals surface area (Å²) < 4.78 is 4.89. The van der Waals surface area contributed by atoms with Crippen molar-refractivity contribution in [1.29, 1.82) is 0 Å². The first-order chi connectivity index (χ1) is 9.27. The molecule has 1 aromatic rings. The molecular weight excluding hydrogens is 282 g/mol. The lowest BCUT2D eigenvalue weighted by Crippen LogP contribution is -2.52. The van der Waals surface area contributed by atoms with Gasteiger partial charge in [-0.3, -0.25) is 9.59 Å². The zero-order chi connectivity index (χ0) is 15.3. The fourth-order valence-electron chi connectivity index (χ4n) is 1.23. The minimum atomic E-state index is -1.16. The number of hydrogen-bond donors (Lipinski definition) is 4. The minimum Gasteiger partial charge on any atom is -0.383 e. The van der Waals surface area contributed by atoms with Gasteiger partial charge < -0.3 is 26.8 Å². The van der Waals surface area contributed by atoms with Crippen LogP contribution in [0.25, 0.3) is 0 Å². The van der Waals surface area contributed by atoms with Crippen LogP contribution in [0, 0.1) is 0 Å². The Labute approximate surface area is 120 Å². The van der Waals surface area contributed by atoms with Crippen molar-refractivity contribution in [1.82, 2.24) is 10.3 Å². The Kier molecular flexibility index (Phi) is 5.28. The van der Waals surface area contributed by atoms with Crippen LogP contribution in [-0.4, -0.2) is 42.6 Å². The van der Waals surface area contributed by atoms with Crippen molar-refractivity contribution in [2.24, 2.45) is 5.73 Å². The molecule has 0 aliphatic carbocycles. The van der Waals surface area contributed by atoms with Gasteiger partial charge in [0.2, 0.25) is 5.91 Å². The lowest BCUT2D eigenvalue weighted by atomic mass is 10.1. The second kappa shape index (κ2) is 6.53. The number of amides is 2. The SMILES string of the molecule is COCCNc1nc(N)c(C(=O)NC(C)(C)C(N)=O)s1. The Balaban J connectivity index is 2.76. The maximum absolute atomic E-state index is 12.0. The predicted molar refractivity (Wildman–Crippen MR) is 77.6 cm³/mol. The van der Waals surface area contributed by atoms with E-state index in [4.69, 9.17) is 16.2 Å². The molecule has 0 unspecified atom stereocenters. The number of thiazole rings is 1. The summed E-state index contributed by atoms with van der Waals surface area (Å²) in [5.41, 5.74) is 9.73. The predicted octanol–water partition coefficient (Wildman–Crippen LogP) is -0.223. The van der Waals surface area contributed by atoms with Crippen LogP contribution >= 0.6 is 11.3 Å². The molecule has 0 radical (unpaired) electrons. The molecule has 0 atom stereocenters. The Morgan fingerprint density at radius 1 is 1.45 bits per heavy atom. The Hall–Kier alpha value is -1.87. The first-order valence-electron chi connectivity index (χ1n) is 5.89. The highest BCUT2D eigenvalue weighted by atomic mass is 32.1. The number of ether oxygens (including phenoxy) is 1. The summed E-state index contributed by atoms with van der Waals surface area (Å²) in [6.07, 6.45) is 0. The molecule has 1 heterocycles. The van der Waals surface area contributed by atoms with Crippen LogP contribution in [0.15, 0.2) is 0 Å². The summed E-state index contributed by atoms with van der Waals surface area (Å²) in [5, 5.41) is 6.01. The Morgan fingerprint density at radius 3 is 2.65 bits per heavy atom. The van der Waals surface area contributed by atoms with E-state index in [1.165, 1.54) is 13.8 Å². The molecule has 112 valence electrons. The molecule has 0 saturated carbocycles. The van der Waals surface area contributed by atoms with E-state index in [-0.39, 0.29) is 10.7 Å². The van der Waals surface area contributed by atoms with Crippen molar-refractivity contribution in [3.63, 3.8) is 0 Å². The third-order valence-corrected chi connectivity index (χ3v) is 3.51. The molecule has 0 fully saturated rings. The van der Waals surface area contributed by atoms with Gasteiger partial charge in [-0.25, -0.2) is 4.98 Å². The van der Waals surface area contributed by atoms with Crippen LogP contribution in [0.5, 0.6) is 0 Å². The van der Waals surface area contributed by atoms with E-state index in [0.29, 0.717) is 18.3 Å². The van der Waals surface area contributed by atoms with Crippen LogP contribution < -0.4 is 22.1 Å². The fourth-order valence-corrected chi connectivity index (χ4v) is 2.04. The lowest BCUT2D eigenvalue weighted by Gasteiger charge is -2.21. The molecule has 2 amide bonds. The van der Waals surface area contributed by atoms with Gasteiger partial charge in [-0.2, -0.15) is 0 Å². The zero-order valence-corrected chi connectivity index (χ0v) is 12.5. The van der Waals surface area contributed by atoms with Crippen LogP contribution in [0.1, 0.15) is 23.5 Å². The number of nitrogens with zero attached hydrogens (tertiary/aromatic N) is 1. The van der Waals surface area contributed by atoms with Gasteiger partial charge in [0.25, 0.3) is 5.91 Å². The van der Waals surface area contributed by atoms with Crippen LogP contribution in [0.3, 0.4) is 0 Å². The van der Waals surface area contributed by atoms with Crippen molar-refractivity contribution in [3.8, 4) is 0 Å². The van der Waals surface area contributed by atoms with Crippen molar-refractivity contribution in [2.45, 2.75) is 19.4 Å². The van der Waals surface area contributed by atoms with Gasteiger partial charge in [-0.15, -0.1) is 0 Å². The maximum Gasteiger partial charge on any atom is 0.266 e. The van der Waals surface area contributed by atoms with Crippen molar-refractivity contribution < 1.29 is 14.3 Å². The number of nitrogens with two attached hydrogens (primary N) is 2. The van der Waals surface area contributed by atoms with Gasteiger partial charge in [0.15, 0.2) is 5.13 Å². The monoisotopic (exact) mass is 301 g/mol. The topological polar surface area (TPSA) is 132 Å². The van der Waals surface area contributed by atoms with Crippen LogP contribution in [-0.2, 0) is 9.53 Å². The highest BCUT2D eigenvalue weighted by molar-refractivity contribution is 7.18. The van der Waals surface area contributed by atoms with E-state index in [9.17, 15) is 9.59 Å². The molecule has 8 nitrogen and oxygen atoms in total. The van der Waals surface area contributed by atoms with Crippen molar-refractivity contribution >= 4 is 34.1 Å². The van der Waals surface area contributed by atoms with Crippen LogP contribution in [0.2, 0.25) is 0 Å². The summed E-state index contributed by atoms with van der Waals surface area (Å²) in [6, 6.07) is 0. The van der Waals surface area contributed by atoms with E-state index in [1.54, 1.807) is 7.11 Å². The number of rotatable bonds is 7. The second-order valence-electron chi connectivity index (χ2n) is 4.60. The number of primary amides is 1. The number of methoxy groups -OCH3 is 1. The van der Waals surface area contributed by atoms with E-state index < -0.39 is 17.4 Å². The van der Waals surface area contributed by atoms with Gasteiger partial charge in [-0.1, -0.05) is 11.3 Å². The molecule has 1 rings (SSSR count). The van der Waals surface area contributed by atoms with E-state index in [2.05, 4.69) is 15.6 Å². The molecule has 0 spiro atoms. The van der Waals surface area contributed by atoms with Gasteiger partial charge in [0.1, 0.15) is 16.2 Å². The number of carbonyl (C=O) groups excluding carboxylic acids is 2. The molecule has 0 aliphatic heterocycles. The first kappa shape index (κ1) is 16.2. The molecule has 20 heavy (non-hydrogen) atoms. The number of carbonyl (C=O) groups is 2. The molecule has 0 bridgehead atoms. The number of hydrogen-bond acceptors (Lipinski definition) is 7. The Morgan fingerprint density at radius 2 is 2.10 bits per heavy atom. The highest BCUT2D eigenvalue weighted by Crippen LogP contribution is 2.25. The van der Waals surface area contributed by atoms with E-state index in [1.807, 2.05) is 0 Å². The largest absolute Gasteiger partial charge is 0.383 e. The smallest absolute Gasteiger partial charge is 0.266 e. The highest BCUT2D eigenvalue weighted by Gasteiger charge is 2.29. The quantitative estimate of drug-likeness (QED) is 0.515. The fraction of sp³-hybridized carbons (Fsp3) is 0.545. The van der Waals surface area contributed by atoms with Crippen molar-refractivity contribution in [3.05, 3.63) is 4.88 Å². The van der Waals surface area contributed by atoms with Crippen LogP contribution in [0.4, 0.5) is 10.9 Å². The van der Waals surface area contributed by atoms with Gasteiger partial charge in [0.05, 0.1) is 6.61 Å². The summed E-state index contributed by atoms with van der Waals surface area (Å²) in [5.74, 6) is -1.01. The van der Waals surface area contributed by atoms with Crippen molar-refractivity contribution in [2.75, 3.05) is 31.3 Å². The third kappa shape index (κ3) is 4.07. The third-order valence-electron chi connectivity index (χ3n) is 2.48. The number of anilines is 2. The Bertz CT molecular complexity index is 500. The lowest BCUT2D eigenvalue weighted by molar-refractivity contribution is -0.122. The molecule has 9 heteroatoms. The number of aromatic nitrogens is 1. The molecule has 0 saturated heterocycles. The number of nitrogens with one attached hydrogen (secondary N) is 2.